The average Bonchev–Trinajstić information content (AvgIpc) is 2.62. The molecule has 1 saturated heterocycles. The average molecular weight is 326 g/mol. The second-order valence-corrected chi connectivity index (χ2v) is 6.79. The van der Waals surface area contributed by atoms with Crippen molar-refractivity contribution in [3.8, 4) is 6.07 Å². The van der Waals surface area contributed by atoms with E-state index in [0.29, 0.717) is 6.42 Å². The first-order valence-corrected chi connectivity index (χ1v) is 9.10. The van der Waals surface area contributed by atoms with Crippen LogP contribution in [-0.4, -0.2) is 42.0 Å². The predicted octanol–water partition coefficient (Wildman–Crippen LogP) is 2.59. The van der Waals surface area contributed by atoms with Gasteiger partial charge in [0.2, 0.25) is 5.91 Å². The number of aryl methyl sites for hydroxylation is 1. The van der Waals surface area contributed by atoms with Crippen molar-refractivity contribution >= 4 is 11.7 Å². The Morgan fingerprint density at radius 2 is 1.83 bits per heavy atom. The Morgan fingerprint density at radius 3 is 2.46 bits per heavy atom. The fraction of sp³-hybridized carbons (Fsp3) is 0.632. The molecule has 2 aliphatic rings. The van der Waals surface area contributed by atoms with E-state index in [9.17, 15) is 10.1 Å². The van der Waals surface area contributed by atoms with Crippen molar-refractivity contribution < 1.29 is 4.79 Å². The molecule has 5 heteroatoms. The van der Waals surface area contributed by atoms with Gasteiger partial charge in [-0.05, 0) is 50.2 Å². The first kappa shape index (κ1) is 16.8. The number of nitrogens with zero attached hydrogens (tertiary/aromatic N) is 4. The Kier molecular flexibility index (Phi) is 5.03. The van der Waals surface area contributed by atoms with Crippen molar-refractivity contribution in [3.63, 3.8) is 0 Å². The topological polar surface area (TPSA) is 60.2 Å². The number of amides is 1. The Hall–Kier alpha value is -2.09. The fourth-order valence-corrected chi connectivity index (χ4v) is 3.88. The summed E-state index contributed by atoms with van der Waals surface area (Å²) >= 11 is 0. The maximum atomic E-state index is 12.0. The van der Waals surface area contributed by atoms with Crippen LogP contribution >= 0.6 is 0 Å². The SMILES string of the molecule is CCCC(=O)N1CCN(c2nc(C)c3c(c2C#N)CCCC3)CC1. The van der Waals surface area contributed by atoms with Crippen LogP contribution in [0.2, 0.25) is 0 Å². The highest BCUT2D eigenvalue weighted by Gasteiger charge is 2.26. The molecule has 5 nitrogen and oxygen atoms in total. The van der Waals surface area contributed by atoms with Crippen LogP contribution in [0, 0.1) is 18.3 Å². The van der Waals surface area contributed by atoms with Crippen molar-refractivity contribution in [2.75, 3.05) is 31.1 Å². The number of piperazine rings is 1. The zero-order valence-electron chi connectivity index (χ0n) is 14.8. The zero-order valence-corrected chi connectivity index (χ0v) is 14.8. The van der Waals surface area contributed by atoms with Crippen LogP contribution in [0.1, 0.15) is 55.0 Å². The number of anilines is 1. The monoisotopic (exact) mass is 326 g/mol. The first-order chi connectivity index (χ1) is 11.7. The van der Waals surface area contributed by atoms with Crippen molar-refractivity contribution in [1.29, 1.82) is 5.26 Å². The van der Waals surface area contributed by atoms with Crippen LogP contribution < -0.4 is 4.90 Å². The number of hydrogen-bond acceptors (Lipinski definition) is 4. The van der Waals surface area contributed by atoms with Gasteiger partial charge in [0.15, 0.2) is 0 Å². The molecule has 3 rings (SSSR count). The molecule has 1 aliphatic carbocycles. The van der Waals surface area contributed by atoms with Gasteiger partial charge in [0.1, 0.15) is 11.9 Å². The van der Waals surface area contributed by atoms with Crippen LogP contribution in [0.25, 0.3) is 0 Å². The van der Waals surface area contributed by atoms with E-state index >= 15 is 0 Å². The van der Waals surface area contributed by atoms with E-state index in [2.05, 4.69) is 17.9 Å². The molecule has 0 atom stereocenters. The number of carbonyl (C=O) groups excluding carboxylic acids is 1. The Labute approximate surface area is 144 Å². The normalized spacial score (nSPS) is 17.4. The van der Waals surface area contributed by atoms with E-state index < -0.39 is 0 Å². The van der Waals surface area contributed by atoms with Gasteiger partial charge in [-0.2, -0.15) is 5.26 Å². The molecule has 1 amide bonds. The highest BCUT2D eigenvalue weighted by Crippen LogP contribution is 2.32. The summed E-state index contributed by atoms with van der Waals surface area (Å²) in [5.41, 5.74) is 4.35. The third-order valence-electron chi connectivity index (χ3n) is 5.21. The summed E-state index contributed by atoms with van der Waals surface area (Å²) < 4.78 is 0. The summed E-state index contributed by atoms with van der Waals surface area (Å²) in [5, 5.41) is 9.72. The zero-order chi connectivity index (χ0) is 17.1. The van der Waals surface area contributed by atoms with E-state index in [1.165, 1.54) is 17.5 Å². The van der Waals surface area contributed by atoms with Gasteiger partial charge < -0.3 is 9.80 Å². The van der Waals surface area contributed by atoms with Gasteiger partial charge in [0.05, 0.1) is 5.56 Å². The van der Waals surface area contributed by atoms with Crippen molar-refractivity contribution in [3.05, 3.63) is 22.4 Å². The summed E-state index contributed by atoms with van der Waals surface area (Å²) in [6.45, 7) is 7.07. The minimum atomic E-state index is 0.243. The molecule has 1 aromatic heterocycles. The lowest BCUT2D eigenvalue weighted by atomic mass is 9.88. The highest BCUT2D eigenvalue weighted by molar-refractivity contribution is 5.76. The molecule has 0 saturated carbocycles. The second-order valence-electron chi connectivity index (χ2n) is 6.79. The molecule has 0 spiro atoms. The minimum Gasteiger partial charge on any atom is -0.352 e. The molecule has 0 aromatic carbocycles. The molecular formula is C19H26N4O. The summed E-state index contributed by atoms with van der Waals surface area (Å²) in [6.07, 6.45) is 5.90. The van der Waals surface area contributed by atoms with Crippen molar-refractivity contribution in [2.45, 2.75) is 52.4 Å². The van der Waals surface area contributed by atoms with Crippen molar-refractivity contribution in [1.82, 2.24) is 9.88 Å². The third-order valence-corrected chi connectivity index (χ3v) is 5.21. The number of pyridine rings is 1. The van der Waals surface area contributed by atoms with Crippen LogP contribution in [0.5, 0.6) is 0 Å². The van der Waals surface area contributed by atoms with Crippen LogP contribution in [0.15, 0.2) is 0 Å². The Bertz CT molecular complexity index is 669. The molecule has 1 aromatic rings. The van der Waals surface area contributed by atoms with Crippen LogP contribution in [0.3, 0.4) is 0 Å². The summed E-state index contributed by atoms with van der Waals surface area (Å²) in [6, 6.07) is 2.42. The summed E-state index contributed by atoms with van der Waals surface area (Å²) in [4.78, 5) is 21.0. The van der Waals surface area contributed by atoms with E-state index in [0.717, 1.165) is 68.9 Å². The van der Waals surface area contributed by atoms with Crippen molar-refractivity contribution in [2.24, 2.45) is 0 Å². The van der Waals surface area contributed by atoms with Gasteiger partial charge in [-0.3, -0.25) is 4.79 Å². The van der Waals surface area contributed by atoms with Crippen LogP contribution in [-0.2, 0) is 17.6 Å². The summed E-state index contributed by atoms with van der Waals surface area (Å²) in [5.74, 6) is 1.07. The number of hydrogen-bond donors (Lipinski definition) is 0. The molecule has 0 N–H and O–H groups in total. The Morgan fingerprint density at radius 1 is 1.17 bits per heavy atom. The van der Waals surface area contributed by atoms with Gasteiger partial charge >= 0.3 is 0 Å². The maximum Gasteiger partial charge on any atom is 0.222 e. The minimum absolute atomic E-state index is 0.243. The smallest absolute Gasteiger partial charge is 0.222 e. The quantitative estimate of drug-likeness (QED) is 0.856. The second kappa shape index (κ2) is 7.21. The molecule has 0 unspecified atom stereocenters. The Balaban J connectivity index is 1.82. The van der Waals surface area contributed by atoms with E-state index in [4.69, 9.17) is 4.98 Å². The number of nitriles is 1. The number of fused-ring (bicyclic) bond motifs is 1. The molecular weight excluding hydrogens is 300 g/mol. The van der Waals surface area contributed by atoms with Crippen LogP contribution in [0.4, 0.5) is 5.82 Å². The molecule has 0 bridgehead atoms. The van der Waals surface area contributed by atoms with E-state index in [-0.39, 0.29) is 5.91 Å². The van der Waals surface area contributed by atoms with Gasteiger partial charge in [0, 0.05) is 38.3 Å². The largest absolute Gasteiger partial charge is 0.352 e. The number of carbonyl (C=O) groups is 1. The van der Waals surface area contributed by atoms with Gasteiger partial charge in [-0.15, -0.1) is 0 Å². The lowest BCUT2D eigenvalue weighted by Gasteiger charge is -2.36. The first-order valence-electron chi connectivity index (χ1n) is 9.10. The lowest BCUT2D eigenvalue weighted by molar-refractivity contribution is -0.131. The highest BCUT2D eigenvalue weighted by atomic mass is 16.2. The van der Waals surface area contributed by atoms with E-state index in [1.54, 1.807) is 0 Å². The maximum absolute atomic E-state index is 12.0. The van der Waals surface area contributed by atoms with Gasteiger partial charge in [-0.25, -0.2) is 4.98 Å². The molecule has 1 aliphatic heterocycles. The lowest BCUT2D eigenvalue weighted by Crippen LogP contribution is -2.49. The van der Waals surface area contributed by atoms with E-state index in [1.807, 2.05) is 11.8 Å². The summed E-state index contributed by atoms with van der Waals surface area (Å²) in [7, 11) is 0. The number of rotatable bonds is 3. The standard InChI is InChI=1S/C19H26N4O/c1-3-6-18(24)22-9-11-23(12-10-22)19-17(13-20)16-8-5-4-7-15(16)14(2)21-19/h3-12H2,1-2H3. The van der Waals surface area contributed by atoms with Gasteiger partial charge in [0.25, 0.3) is 0 Å². The molecule has 128 valence electrons. The fourth-order valence-electron chi connectivity index (χ4n) is 3.88. The number of aromatic nitrogens is 1. The predicted molar refractivity (Wildman–Crippen MR) is 94.0 cm³/mol. The van der Waals surface area contributed by atoms with Gasteiger partial charge in [-0.1, -0.05) is 6.92 Å². The molecule has 1 fully saturated rings. The molecule has 0 radical (unpaired) electrons. The third kappa shape index (κ3) is 3.10. The molecule has 24 heavy (non-hydrogen) atoms. The molecule has 2 heterocycles.